The van der Waals surface area contributed by atoms with Gasteiger partial charge in [0.1, 0.15) is 13.2 Å². The highest BCUT2D eigenvalue weighted by Crippen LogP contribution is 2.38. The maximum atomic E-state index is 13.3. The van der Waals surface area contributed by atoms with Crippen molar-refractivity contribution in [2.45, 2.75) is 25.9 Å². The van der Waals surface area contributed by atoms with Crippen LogP contribution in [0, 0.1) is 0 Å². The molecule has 8 nitrogen and oxygen atoms in total. The van der Waals surface area contributed by atoms with Crippen LogP contribution in [0.1, 0.15) is 40.9 Å². The van der Waals surface area contributed by atoms with Gasteiger partial charge in [0, 0.05) is 23.9 Å². The molecular formula is C28H28N2O6. The Labute approximate surface area is 209 Å². The number of rotatable bonds is 8. The van der Waals surface area contributed by atoms with Gasteiger partial charge in [-0.3, -0.25) is 9.59 Å². The molecule has 0 radical (unpaired) electrons. The Balaban J connectivity index is 1.42. The van der Waals surface area contributed by atoms with Gasteiger partial charge in [0.25, 0.3) is 5.91 Å². The Morgan fingerprint density at radius 2 is 1.83 bits per heavy atom. The zero-order valence-corrected chi connectivity index (χ0v) is 20.3. The van der Waals surface area contributed by atoms with Crippen LogP contribution < -0.4 is 24.3 Å². The fraction of sp³-hybridized carbons (Fsp3) is 0.286. The van der Waals surface area contributed by atoms with Gasteiger partial charge in [-0.05, 0) is 48.4 Å². The van der Waals surface area contributed by atoms with Crippen LogP contribution in [0.5, 0.6) is 23.0 Å². The molecule has 0 fully saturated rings. The van der Waals surface area contributed by atoms with E-state index in [4.69, 9.17) is 18.9 Å². The van der Waals surface area contributed by atoms with E-state index in [-0.39, 0.29) is 18.2 Å². The van der Waals surface area contributed by atoms with Crippen molar-refractivity contribution in [3.05, 3.63) is 77.4 Å². The third-order valence-corrected chi connectivity index (χ3v) is 6.30. The Bertz CT molecular complexity index is 1290. The fourth-order valence-corrected chi connectivity index (χ4v) is 4.61. The summed E-state index contributed by atoms with van der Waals surface area (Å²) in [5.74, 6) is 2.08. The molecule has 2 aliphatic heterocycles. The summed E-state index contributed by atoms with van der Waals surface area (Å²) < 4.78 is 22.4. The molecule has 0 saturated heterocycles. The number of ether oxygens (including phenoxy) is 4. The summed E-state index contributed by atoms with van der Waals surface area (Å²) in [7, 11) is 1.57. The summed E-state index contributed by atoms with van der Waals surface area (Å²) in [6.07, 6.45) is 0.0608. The minimum absolute atomic E-state index is 0.0608. The SMILES string of the molecule is CCOc1ccc(C(CC(=O)Nc2ccc3c(c2)OCCO3)N2Cc3ccccc3C2=O)cc1OC. The van der Waals surface area contributed by atoms with Gasteiger partial charge in [-0.1, -0.05) is 24.3 Å². The van der Waals surface area contributed by atoms with E-state index in [1.807, 2.05) is 49.4 Å². The van der Waals surface area contributed by atoms with Crippen LogP contribution in [0.3, 0.4) is 0 Å². The molecule has 3 aromatic rings. The number of carbonyl (C=O) groups excluding carboxylic acids is 2. The quantitative estimate of drug-likeness (QED) is 0.499. The van der Waals surface area contributed by atoms with Gasteiger partial charge in [0.15, 0.2) is 23.0 Å². The predicted octanol–water partition coefficient (Wildman–Crippen LogP) is 4.59. The lowest BCUT2D eigenvalue weighted by atomic mass is 10.0. The van der Waals surface area contributed by atoms with Crippen LogP contribution in [-0.2, 0) is 11.3 Å². The normalized spacial score (nSPS) is 14.7. The number of hydrogen-bond acceptors (Lipinski definition) is 6. The van der Waals surface area contributed by atoms with Gasteiger partial charge >= 0.3 is 0 Å². The highest BCUT2D eigenvalue weighted by atomic mass is 16.6. The van der Waals surface area contributed by atoms with Crippen LogP contribution in [0.2, 0.25) is 0 Å². The Morgan fingerprint density at radius 1 is 1.03 bits per heavy atom. The van der Waals surface area contributed by atoms with Gasteiger partial charge in [-0.25, -0.2) is 0 Å². The number of amides is 2. The molecule has 0 bridgehead atoms. The second-order valence-corrected chi connectivity index (χ2v) is 8.56. The van der Waals surface area contributed by atoms with E-state index >= 15 is 0 Å². The Kier molecular flexibility index (Phi) is 6.66. The number of benzene rings is 3. The van der Waals surface area contributed by atoms with Crippen molar-refractivity contribution in [2.75, 3.05) is 32.2 Å². The van der Waals surface area contributed by atoms with Gasteiger partial charge in [0.05, 0.1) is 26.2 Å². The lowest BCUT2D eigenvalue weighted by molar-refractivity contribution is -0.117. The summed E-state index contributed by atoms with van der Waals surface area (Å²) in [6.45, 7) is 3.78. The molecule has 0 spiro atoms. The largest absolute Gasteiger partial charge is 0.493 e. The number of nitrogens with one attached hydrogen (secondary N) is 1. The van der Waals surface area contributed by atoms with Crippen molar-refractivity contribution in [2.24, 2.45) is 0 Å². The molecule has 1 N–H and O–H groups in total. The van der Waals surface area contributed by atoms with Crippen LogP contribution >= 0.6 is 0 Å². The minimum Gasteiger partial charge on any atom is -0.493 e. The number of fused-ring (bicyclic) bond motifs is 2. The summed E-state index contributed by atoms with van der Waals surface area (Å²) in [5.41, 5.74) is 2.99. The van der Waals surface area contributed by atoms with Gasteiger partial charge < -0.3 is 29.2 Å². The molecule has 8 heteroatoms. The van der Waals surface area contributed by atoms with Crippen LogP contribution in [-0.4, -0.2) is 43.6 Å². The van der Waals surface area contributed by atoms with Crippen LogP contribution in [0.4, 0.5) is 5.69 Å². The smallest absolute Gasteiger partial charge is 0.255 e. The molecule has 5 rings (SSSR count). The molecule has 3 aromatic carbocycles. The summed E-state index contributed by atoms with van der Waals surface area (Å²) in [6, 6.07) is 17.9. The summed E-state index contributed by atoms with van der Waals surface area (Å²) in [5, 5.41) is 2.94. The molecule has 186 valence electrons. The van der Waals surface area contributed by atoms with Gasteiger partial charge in [0.2, 0.25) is 5.91 Å². The van der Waals surface area contributed by atoms with Crippen molar-refractivity contribution < 1.29 is 28.5 Å². The average Bonchev–Trinajstić information content (AvgIpc) is 3.24. The van der Waals surface area contributed by atoms with Gasteiger partial charge in [-0.2, -0.15) is 0 Å². The van der Waals surface area contributed by atoms with E-state index in [2.05, 4.69) is 5.32 Å². The zero-order valence-electron chi connectivity index (χ0n) is 20.3. The zero-order chi connectivity index (χ0) is 25.1. The monoisotopic (exact) mass is 488 g/mol. The third-order valence-electron chi connectivity index (χ3n) is 6.30. The highest BCUT2D eigenvalue weighted by Gasteiger charge is 2.35. The predicted molar refractivity (Wildman–Crippen MR) is 134 cm³/mol. The molecule has 1 atom stereocenters. The second kappa shape index (κ2) is 10.2. The number of anilines is 1. The van der Waals surface area contributed by atoms with E-state index in [9.17, 15) is 9.59 Å². The molecule has 2 heterocycles. The Morgan fingerprint density at radius 3 is 2.61 bits per heavy atom. The van der Waals surface area contributed by atoms with Crippen molar-refractivity contribution in [1.29, 1.82) is 0 Å². The first-order valence-corrected chi connectivity index (χ1v) is 12.0. The summed E-state index contributed by atoms with van der Waals surface area (Å²) >= 11 is 0. The third kappa shape index (κ3) is 4.66. The average molecular weight is 489 g/mol. The van der Waals surface area contributed by atoms with Crippen molar-refractivity contribution in [1.82, 2.24) is 4.90 Å². The number of hydrogen-bond donors (Lipinski definition) is 1. The fourth-order valence-electron chi connectivity index (χ4n) is 4.61. The molecule has 0 saturated carbocycles. The van der Waals surface area contributed by atoms with E-state index in [0.717, 1.165) is 11.1 Å². The molecular weight excluding hydrogens is 460 g/mol. The molecule has 36 heavy (non-hydrogen) atoms. The Hall–Kier alpha value is -4.20. The molecule has 2 amide bonds. The first-order chi connectivity index (χ1) is 17.6. The number of carbonyl (C=O) groups is 2. The van der Waals surface area contributed by atoms with Crippen molar-refractivity contribution in [3.8, 4) is 23.0 Å². The van der Waals surface area contributed by atoms with E-state index in [1.165, 1.54) is 0 Å². The maximum absolute atomic E-state index is 13.3. The molecule has 0 aliphatic carbocycles. The highest BCUT2D eigenvalue weighted by molar-refractivity contribution is 5.99. The van der Waals surface area contributed by atoms with Crippen LogP contribution in [0.15, 0.2) is 60.7 Å². The number of methoxy groups -OCH3 is 1. The van der Waals surface area contributed by atoms with E-state index in [1.54, 1.807) is 30.2 Å². The first-order valence-electron chi connectivity index (χ1n) is 12.0. The van der Waals surface area contributed by atoms with Crippen molar-refractivity contribution in [3.63, 3.8) is 0 Å². The lowest BCUT2D eigenvalue weighted by Gasteiger charge is -2.28. The maximum Gasteiger partial charge on any atom is 0.255 e. The van der Waals surface area contributed by atoms with Crippen LogP contribution in [0.25, 0.3) is 0 Å². The number of nitrogens with zero attached hydrogens (tertiary/aromatic N) is 1. The van der Waals surface area contributed by atoms with Gasteiger partial charge in [-0.15, -0.1) is 0 Å². The second-order valence-electron chi connectivity index (χ2n) is 8.56. The minimum atomic E-state index is -0.508. The topological polar surface area (TPSA) is 86.3 Å². The molecule has 0 aromatic heterocycles. The molecule has 2 aliphatic rings. The standard InChI is InChI=1S/C28H28N2O6/c1-3-34-23-10-8-18(14-25(23)33-2)22(30-17-19-6-4-5-7-21(19)28(30)32)16-27(31)29-20-9-11-24-26(15-20)36-13-12-35-24/h4-11,14-15,22H,3,12-13,16-17H2,1-2H3,(H,29,31). The summed E-state index contributed by atoms with van der Waals surface area (Å²) in [4.78, 5) is 28.3. The van der Waals surface area contributed by atoms with E-state index < -0.39 is 6.04 Å². The molecule has 1 unspecified atom stereocenters. The van der Waals surface area contributed by atoms with E-state index in [0.29, 0.717) is 60.6 Å². The lowest BCUT2D eigenvalue weighted by Crippen LogP contribution is -2.32. The van der Waals surface area contributed by atoms with Crippen molar-refractivity contribution >= 4 is 17.5 Å². The first kappa shape index (κ1) is 23.5.